The van der Waals surface area contributed by atoms with Gasteiger partial charge >= 0.3 is 12.2 Å². The number of carbonyl (C=O) groups excluding carboxylic acids is 1. The summed E-state index contributed by atoms with van der Waals surface area (Å²) in [5, 5.41) is 4.31. The fourth-order valence-corrected chi connectivity index (χ4v) is 1.88. The van der Waals surface area contributed by atoms with Crippen molar-refractivity contribution in [2.75, 3.05) is 24.7 Å². The molecule has 0 spiro atoms. The molecule has 22 heavy (non-hydrogen) atoms. The van der Waals surface area contributed by atoms with E-state index in [0.717, 1.165) is 12.3 Å². The lowest BCUT2D eigenvalue weighted by molar-refractivity contribution is -0.139. The van der Waals surface area contributed by atoms with Crippen LogP contribution in [0.2, 0.25) is 0 Å². The fraction of sp³-hybridized carbons (Fsp3) is 0.364. The highest BCUT2D eigenvalue weighted by Crippen LogP contribution is 2.32. The predicted molar refractivity (Wildman–Crippen MR) is 71.3 cm³/mol. The lowest BCUT2D eigenvalue weighted by Crippen LogP contribution is -2.36. The molecule has 1 aromatic carbocycles. The highest BCUT2D eigenvalue weighted by atomic mass is 32.2. The summed E-state index contributed by atoms with van der Waals surface area (Å²) in [5.74, 6) is -1.45. The van der Waals surface area contributed by atoms with Crippen molar-refractivity contribution in [3.05, 3.63) is 29.6 Å². The summed E-state index contributed by atoms with van der Waals surface area (Å²) in [5.41, 5.74) is -1.74. The molecule has 0 bridgehead atoms. The highest BCUT2D eigenvalue weighted by Gasteiger charge is 2.34. The lowest BCUT2D eigenvalue weighted by Gasteiger charge is -2.11. The van der Waals surface area contributed by atoms with Crippen LogP contribution >= 0.6 is 0 Å². The van der Waals surface area contributed by atoms with Crippen molar-refractivity contribution in [1.82, 2.24) is 10.0 Å². The predicted octanol–water partition coefficient (Wildman–Crippen LogP) is 1.52. The second-order valence-electron chi connectivity index (χ2n) is 4.24. The van der Waals surface area contributed by atoms with E-state index in [-0.39, 0.29) is 18.8 Å². The maximum atomic E-state index is 13.0. The first-order valence-electron chi connectivity index (χ1n) is 5.85. The van der Waals surface area contributed by atoms with Crippen LogP contribution in [0, 0.1) is 5.82 Å². The molecule has 0 saturated heterocycles. The normalized spacial score (nSPS) is 12.0. The SMILES string of the molecule is CS(=O)(=O)NCCNC(=O)Nc1ccc(F)c(C(F)(F)F)c1. The Bertz CT molecular complexity index is 646. The van der Waals surface area contributed by atoms with E-state index in [9.17, 15) is 30.8 Å². The van der Waals surface area contributed by atoms with Gasteiger partial charge in [0, 0.05) is 18.8 Å². The van der Waals surface area contributed by atoms with Crippen molar-refractivity contribution < 1.29 is 30.8 Å². The number of anilines is 1. The molecule has 0 aliphatic carbocycles. The van der Waals surface area contributed by atoms with Gasteiger partial charge in [-0.3, -0.25) is 0 Å². The number of hydrogen-bond acceptors (Lipinski definition) is 3. The molecule has 0 heterocycles. The Labute approximate surface area is 123 Å². The van der Waals surface area contributed by atoms with E-state index in [1.54, 1.807) is 0 Å². The van der Waals surface area contributed by atoms with Crippen LogP contribution in [0.15, 0.2) is 18.2 Å². The average Bonchev–Trinajstić information content (AvgIpc) is 2.34. The molecule has 0 radical (unpaired) electrons. The first-order valence-corrected chi connectivity index (χ1v) is 7.74. The van der Waals surface area contributed by atoms with Gasteiger partial charge in [-0.25, -0.2) is 22.3 Å². The maximum Gasteiger partial charge on any atom is 0.419 e. The number of sulfonamides is 1. The van der Waals surface area contributed by atoms with Gasteiger partial charge in [-0.15, -0.1) is 0 Å². The molecular formula is C11H13F4N3O3S. The van der Waals surface area contributed by atoms with E-state index < -0.39 is 33.6 Å². The number of hydrogen-bond donors (Lipinski definition) is 3. The number of alkyl halides is 3. The third-order valence-electron chi connectivity index (χ3n) is 2.30. The molecular weight excluding hydrogens is 330 g/mol. The molecule has 0 unspecified atom stereocenters. The van der Waals surface area contributed by atoms with E-state index in [1.165, 1.54) is 0 Å². The zero-order chi connectivity index (χ0) is 17.0. The van der Waals surface area contributed by atoms with E-state index in [2.05, 4.69) is 15.4 Å². The molecule has 0 aliphatic heterocycles. The van der Waals surface area contributed by atoms with Crippen molar-refractivity contribution in [2.24, 2.45) is 0 Å². The zero-order valence-corrected chi connectivity index (χ0v) is 12.1. The Kier molecular flexibility index (Phi) is 5.72. The van der Waals surface area contributed by atoms with Gasteiger partial charge < -0.3 is 10.6 Å². The Hall–Kier alpha value is -1.88. The summed E-state index contributed by atoms with van der Waals surface area (Å²) in [6.45, 7) is -0.157. The van der Waals surface area contributed by atoms with Crippen molar-refractivity contribution in [2.45, 2.75) is 6.18 Å². The summed E-state index contributed by atoms with van der Waals surface area (Å²) in [6.07, 6.45) is -3.94. The number of amides is 2. The Balaban J connectivity index is 2.58. The van der Waals surface area contributed by atoms with Crippen LogP contribution < -0.4 is 15.4 Å². The second kappa shape index (κ2) is 6.92. The van der Waals surface area contributed by atoms with Gasteiger partial charge in [0.25, 0.3) is 0 Å². The first-order chi connectivity index (χ1) is 9.99. The summed E-state index contributed by atoms with van der Waals surface area (Å²) in [4.78, 5) is 11.4. The van der Waals surface area contributed by atoms with E-state index in [4.69, 9.17) is 0 Å². The molecule has 1 rings (SSSR count). The molecule has 124 valence electrons. The van der Waals surface area contributed by atoms with Crippen molar-refractivity contribution in [3.8, 4) is 0 Å². The van der Waals surface area contributed by atoms with Crippen LogP contribution in [0.5, 0.6) is 0 Å². The minimum absolute atomic E-state index is 0.0772. The topological polar surface area (TPSA) is 87.3 Å². The van der Waals surface area contributed by atoms with Crippen LogP contribution in [0.25, 0.3) is 0 Å². The van der Waals surface area contributed by atoms with Crippen LogP contribution in [0.1, 0.15) is 5.56 Å². The molecule has 11 heteroatoms. The summed E-state index contributed by atoms with van der Waals surface area (Å²) in [7, 11) is -3.40. The Morgan fingerprint density at radius 1 is 1.23 bits per heavy atom. The number of nitrogens with one attached hydrogen (secondary N) is 3. The second-order valence-corrected chi connectivity index (χ2v) is 6.07. The van der Waals surface area contributed by atoms with E-state index >= 15 is 0 Å². The van der Waals surface area contributed by atoms with Crippen LogP contribution in [0.4, 0.5) is 28.0 Å². The molecule has 0 aliphatic rings. The van der Waals surface area contributed by atoms with Gasteiger partial charge in [-0.2, -0.15) is 13.2 Å². The van der Waals surface area contributed by atoms with E-state index in [1.807, 2.05) is 0 Å². The third kappa shape index (κ3) is 6.26. The molecule has 0 atom stereocenters. The van der Waals surface area contributed by atoms with Crippen molar-refractivity contribution in [3.63, 3.8) is 0 Å². The first kappa shape index (κ1) is 18.2. The van der Waals surface area contributed by atoms with Gasteiger partial charge in [-0.1, -0.05) is 0 Å². The number of halogens is 4. The standard InChI is InChI=1S/C11H13F4N3O3S/c1-22(20,21)17-5-4-16-10(19)18-7-2-3-9(12)8(6-7)11(13,14)15/h2-3,6,17H,4-5H2,1H3,(H2,16,18,19). The highest BCUT2D eigenvalue weighted by molar-refractivity contribution is 7.88. The fourth-order valence-electron chi connectivity index (χ4n) is 1.41. The molecule has 3 N–H and O–H groups in total. The number of carbonyl (C=O) groups is 1. The lowest BCUT2D eigenvalue weighted by atomic mass is 10.2. The minimum Gasteiger partial charge on any atom is -0.337 e. The van der Waals surface area contributed by atoms with Crippen molar-refractivity contribution in [1.29, 1.82) is 0 Å². The average molecular weight is 343 g/mol. The molecule has 1 aromatic rings. The monoisotopic (exact) mass is 343 g/mol. The molecule has 6 nitrogen and oxygen atoms in total. The largest absolute Gasteiger partial charge is 0.419 e. The maximum absolute atomic E-state index is 13.0. The molecule has 0 saturated carbocycles. The van der Waals surface area contributed by atoms with Crippen LogP contribution in [0.3, 0.4) is 0 Å². The van der Waals surface area contributed by atoms with Gasteiger partial charge in [-0.05, 0) is 18.2 Å². The molecule has 0 aromatic heterocycles. The number of benzene rings is 1. The van der Waals surface area contributed by atoms with Crippen LogP contribution in [-0.2, 0) is 16.2 Å². The summed E-state index contributed by atoms with van der Waals surface area (Å²) >= 11 is 0. The van der Waals surface area contributed by atoms with Gasteiger partial charge in [0.2, 0.25) is 10.0 Å². The number of urea groups is 1. The molecule has 0 fully saturated rings. The third-order valence-corrected chi connectivity index (χ3v) is 3.03. The van der Waals surface area contributed by atoms with Crippen molar-refractivity contribution >= 4 is 21.7 Å². The Morgan fingerprint density at radius 3 is 2.41 bits per heavy atom. The van der Waals surface area contributed by atoms with Gasteiger partial charge in [0.15, 0.2) is 0 Å². The van der Waals surface area contributed by atoms with Gasteiger partial charge in [0.1, 0.15) is 5.82 Å². The van der Waals surface area contributed by atoms with E-state index in [0.29, 0.717) is 12.1 Å². The zero-order valence-electron chi connectivity index (χ0n) is 11.3. The summed E-state index contributed by atoms with van der Waals surface area (Å²) < 4.78 is 74.1. The van der Waals surface area contributed by atoms with Crippen LogP contribution in [-0.4, -0.2) is 33.8 Å². The Morgan fingerprint density at radius 2 is 1.86 bits per heavy atom. The number of rotatable bonds is 5. The minimum atomic E-state index is -4.88. The molecule has 2 amide bonds. The quantitative estimate of drug-likeness (QED) is 0.559. The summed E-state index contributed by atoms with van der Waals surface area (Å²) in [6, 6.07) is 1.17. The smallest absolute Gasteiger partial charge is 0.337 e. The van der Waals surface area contributed by atoms with Gasteiger partial charge in [0.05, 0.1) is 11.8 Å².